The Morgan fingerprint density at radius 3 is 2.45 bits per heavy atom. The van der Waals surface area contributed by atoms with Crippen molar-refractivity contribution >= 4 is 44.8 Å². The highest BCUT2D eigenvalue weighted by Gasteiger charge is 2.23. The van der Waals surface area contributed by atoms with Crippen molar-refractivity contribution in [2.45, 2.75) is 43.9 Å². The molecule has 2 aromatic rings. The summed E-state index contributed by atoms with van der Waals surface area (Å²) in [6.07, 6.45) is 1.27. The molecule has 0 aliphatic carbocycles. The minimum atomic E-state index is -3.69. The largest absolute Gasteiger partial charge is 0.326 e. The molecule has 0 atom stereocenters. The molecule has 0 radical (unpaired) electrons. The molecule has 0 spiro atoms. The molecule has 166 valence electrons. The van der Waals surface area contributed by atoms with E-state index in [4.69, 9.17) is 11.6 Å². The van der Waals surface area contributed by atoms with Crippen LogP contribution < -0.4 is 14.9 Å². The van der Waals surface area contributed by atoms with Crippen molar-refractivity contribution in [3.05, 3.63) is 53.1 Å². The van der Waals surface area contributed by atoms with Crippen molar-refractivity contribution in [3.8, 4) is 0 Å². The number of carbonyl (C=O) groups is 2. The van der Waals surface area contributed by atoms with E-state index < -0.39 is 10.0 Å². The maximum Gasteiger partial charge on any atom is 0.240 e. The average Bonchev–Trinajstić information content (AvgIpc) is 3.13. The van der Waals surface area contributed by atoms with Crippen LogP contribution in [0.25, 0.3) is 0 Å². The Bertz CT molecular complexity index is 1070. The lowest BCUT2D eigenvalue weighted by atomic mass is 10.0. The van der Waals surface area contributed by atoms with Crippen molar-refractivity contribution in [3.63, 3.8) is 0 Å². The fourth-order valence-electron chi connectivity index (χ4n) is 3.34. The van der Waals surface area contributed by atoms with Gasteiger partial charge in [0.15, 0.2) is 0 Å². The monoisotopic (exact) mass is 463 g/mol. The van der Waals surface area contributed by atoms with E-state index in [2.05, 4.69) is 10.0 Å². The minimum Gasteiger partial charge on any atom is -0.326 e. The molecule has 0 bridgehead atoms. The van der Waals surface area contributed by atoms with Crippen LogP contribution in [0.3, 0.4) is 0 Å². The SMILES string of the molecule is CC(C)c1ccc(S(=O)(=O)NCCC(=O)Nc2ccc(N3CCCC3=O)c(Cl)c2)cc1. The van der Waals surface area contributed by atoms with Gasteiger partial charge in [-0.15, -0.1) is 0 Å². The van der Waals surface area contributed by atoms with Crippen LogP contribution in [0.1, 0.15) is 44.6 Å². The van der Waals surface area contributed by atoms with Crippen LogP contribution in [-0.2, 0) is 19.6 Å². The van der Waals surface area contributed by atoms with E-state index in [1.807, 2.05) is 13.8 Å². The number of sulfonamides is 1. The lowest BCUT2D eigenvalue weighted by Gasteiger charge is -2.18. The van der Waals surface area contributed by atoms with E-state index in [9.17, 15) is 18.0 Å². The summed E-state index contributed by atoms with van der Waals surface area (Å²) in [5.74, 6) is -0.00412. The summed E-state index contributed by atoms with van der Waals surface area (Å²) in [5.41, 5.74) is 2.16. The van der Waals surface area contributed by atoms with Crippen LogP contribution in [-0.4, -0.2) is 33.3 Å². The normalized spacial score (nSPS) is 14.3. The summed E-state index contributed by atoms with van der Waals surface area (Å²) in [7, 11) is -3.69. The van der Waals surface area contributed by atoms with Crippen molar-refractivity contribution < 1.29 is 18.0 Å². The second-order valence-electron chi connectivity index (χ2n) is 7.73. The Kier molecular flexibility index (Phi) is 7.35. The first-order chi connectivity index (χ1) is 14.7. The zero-order chi connectivity index (χ0) is 22.6. The highest BCUT2D eigenvalue weighted by atomic mass is 35.5. The molecule has 0 saturated carbocycles. The lowest BCUT2D eigenvalue weighted by molar-refractivity contribution is -0.117. The predicted molar refractivity (Wildman–Crippen MR) is 122 cm³/mol. The van der Waals surface area contributed by atoms with Crippen LogP contribution >= 0.6 is 11.6 Å². The third-order valence-corrected chi connectivity index (χ3v) is 6.88. The Balaban J connectivity index is 1.53. The Hall–Kier alpha value is -2.42. The molecule has 0 unspecified atom stereocenters. The van der Waals surface area contributed by atoms with E-state index in [-0.39, 0.29) is 29.7 Å². The van der Waals surface area contributed by atoms with Gasteiger partial charge in [0.2, 0.25) is 21.8 Å². The second kappa shape index (κ2) is 9.80. The Labute approximate surface area is 187 Å². The van der Waals surface area contributed by atoms with E-state index in [0.29, 0.717) is 35.3 Å². The van der Waals surface area contributed by atoms with Gasteiger partial charge >= 0.3 is 0 Å². The number of nitrogens with zero attached hydrogens (tertiary/aromatic N) is 1. The van der Waals surface area contributed by atoms with Gasteiger partial charge in [-0.25, -0.2) is 13.1 Å². The molecule has 1 saturated heterocycles. The molecule has 3 rings (SSSR count). The molecule has 2 aromatic carbocycles. The smallest absolute Gasteiger partial charge is 0.240 e. The summed E-state index contributed by atoms with van der Waals surface area (Å²) in [6, 6.07) is 11.7. The topological polar surface area (TPSA) is 95.6 Å². The van der Waals surface area contributed by atoms with Gasteiger partial charge in [0, 0.05) is 31.6 Å². The standard InChI is InChI=1S/C22H26ClN3O4S/c1-15(2)16-5-8-18(9-6-16)31(29,30)24-12-11-21(27)25-17-7-10-20(19(23)14-17)26-13-3-4-22(26)28/h5-10,14-15,24H,3-4,11-13H2,1-2H3,(H,25,27). The second-order valence-corrected chi connectivity index (χ2v) is 9.91. The first-order valence-electron chi connectivity index (χ1n) is 10.2. The summed E-state index contributed by atoms with van der Waals surface area (Å²) in [4.78, 5) is 25.9. The summed E-state index contributed by atoms with van der Waals surface area (Å²) in [5, 5.41) is 3.07. The first-order valence-corrected chi connectivity index (χ1v) is 12.0. The number of amides is 2. The third kappa shape index (κ3) is 5.84. The third-order valence-electron chi connectivity index (χ3n) is 5.10. The van der Waals surface area contributed by atoms with Gasteiger partial charge in [0.1, 0.15) is 0 Å². The highest BCUT2D eigenvalue weighted by Crippen LogP contribution is 2.31. The van der Waals surface area contributed by atoms with Gasteiger partial charge in [-0.2, -0.15) is 0 Å². The number of rotatable bonds is 8. The number of nitrogens with one attached hydrogen (secondary N) is 2. The molecule has 1 fully saturated rings. The molecule has 1 aliphatic rings. The number of hydrogen-bond acceptors (Lipinski definition) is 4. The van der Waals surface area contributed by atoms with Gasteiger partial charge in [-0.3, -0.25) is 9.59 Å². The predicted octanol–water partition coefficient (Wildman–Crippen LogP) is 3.90. The van der Waals surface area contributed by atoms with E-state index in [0.717, 1.165) is 12.0 Å². The molecular formula is C22H26ClN3O4S. The van der Waals surface area contributed by atoms with Crippen molar-refractivity contribution in [2.24, 2.45) is 0 Å². The summed E-state index contributed by atoms with van der Waals surface area (Å²) < 4.78 is 27.2. The lowest BCUT2D eigenvalue weighted by Crippen LogP contribution is -2.28. The Morgan fingerprint density at radius 2 is 1.87 bits per heavy atom. The molecule has 1 heterocycles. The van der Waals surface area contributed by atoms with Gasteiger partial charge in [-0.1, -0.05) is 37.6 Å². The first kappa shape index (κ1) is 23.2. The molecule has 2 N–H and O–H groups in total. The van der Waals surface area contributed by atoms with Crippen LogP contribution in [0.15, 0.2) is 47.4 Å². The molecule has 31 heavy (non-hydrogen) atoms. The number of carbonyl (C=O) groups excluding carboxylic acids is 2. The number of hydrogen-bond donors (Lipinski definition) is 2. The number of benzene rings is 2. The molecule has 2 amide bonds. The zero-order valence-corrected chi connectivity index (χ0v) is 19.1. The fraction of sp³-hybridized carbons (Fsp3) is 0.364. The number of halogens is 1. The van der Waals surface area contributed by atoms with Crippen molar-refractivity contribution in [1.82, 2.24) is 4.72 Å². The van der Waals surface area contributed by atoms with Crippen molar-refractivity contribution in [2.75, 3.05) is 23.3 Å². The van der Waals surface area contributed by atoms with E-state index >= 15 is 0 Å². The van der Waals surface area contributed by atoms with Crippen LogP contribution in [0.5, 0.6) is 0 Å². The van der Waals surface area contributed by atoms with E-state index in [1.165, 1.54) is 0 Å². The fourth-order valence-corrected chi connectivity index (χ4v) is 4.66. The quantitative estimate of drug-likeness (QED) is 0.620. The van der Waals surface area contributed by atoms with Crippen LogP contribution in [0.4, 0.5) is 11.4 Å². The maximum absolute atomic E-state index is 12.4. The molecule has 1 aliphatic heterocycles. The maximum atomic E-state index is 12.4. The molecule has 7 nitrogen and oxygen atoms in total. The molecule has 0 aromatic heterocycles. The van der Waals surface area contributed by atoms with Gasteiger partial charge in [-0.05, 0) is 48.2 Å². The van der Waals surface area contributed by atoms with Crippen LogP contribution in [0, 0.1) is 0 Å². The highest BCUT2D eigenvalue weighted by molar-refractivity contribution is 7.89. The van der Waals surface area contributed by atoms with Crippen LogP contribution in [0.2, 0.25) is 5.02 Å². The number of anilines is 2. The average molecular weight is 464 g/mol. The summed E-state index contributed by atoms with van der Waals surface area (Å²) in [6.45, 7) is 4.67. The van der Waals surface area contributed by atoms with E-state index in [1.54, 1.807) is 47.4 Å². The Morgan fingerprint density at radius 1 is 1.16 bits per heavy atom. The molecule has 9 heteroatoms. The minimum absolute atomic E-state index is 0.0322. The van der Waals surface area contributed by atoms with Gasteiger partial charge in [0.25, 0.3) is 0 Å². The molecular weight excluding hydrogens is 438 g/mol. The van der Waals surface area contributed by atoms with Crippen molar-refractivity contribution in [1.29, 1.82) is 0 Å². The van der Waals surface area contributed by atoms with Gasteiger partial charge in [0.05, 0.1) is 15.6 Å². The zero-order valence-electron chi connectivity index (χ0n) is 17.5. The van der Waals surface area contributed by atoms with Gasteiger partial charge < -0.3 is 10.2 Å². The summed E-state index contributed by atoms with van der Waals surface area (Å²) >= 11 is 6.28.